The van der Waals surface area contributed by atoms with Gasteiger partial charge in [-0.25, -0.2) is 4.39 Å². The molecule has 2 N–H and O–H groups in total. The molecule has 1 heterocycles. The molecule has 1 saturated heterocycles. The SMILES string of the molecule is O=C(NCCCN1CCNCC1)c1ccc(F)cc1. The lowest BCUT2D eigenvalue weighted by atomic mass is 10.2. The van der Waals surface area contributed by atoms with Crippen molar-refractivity contribution >= 4 is 5.91 Å². The van der Waals surface area contributed by atoms with Gasteiger partial charge >= 0.3 is 0 Å². The highest BCUT2D eigenvalue weighted by Crippen LogP contribution is 2.02. The van der Waals surface area contributed by atoms with Gasteiger partial charge in [-0.15, -0.1) is 0 Å². The normalized spacial score (nSPS) is 16.3. The first-order valence-electron chi connectivity index (χ1n) is 6.72. The van der Waals surface area contributed by atoms with Crippen LogP contribution in [0.2, 0.25) is 0 Å². The quantitative estimate of drug-likeness (QED) is 0.776. The molecule has 1 aromatic rings. The first-order valence-corrected chi connectivity index (χ1v) is 6.72. The number of amides is 1. The molecule has 1 amide bonds. The number of halogens is 1. The molecular weight excluding hydrogens is 245 g/mol. The Morgan fingerprint density at radius 3 is 2.63 bits per heavy atom. The monoisotopic (exact) mass is 265 g/mol. The third-order valence-corrected chi connectivity index (χ3v) is 3.25. The number of hydrogen-bond donors (Lipinski definition) is 2. The number of carbonyl (C=O) groups excluding carboxylic acids is 1. The molecule has 0 unspecified atom stereocenters. The van der Waals surface area contributed by atoms with E-state index in [1.165, 1.54) is 24.3 Å². The molecular formula is C14H20FN3O. The van der Waals surface area contributed by atoms with Crippen LogP contribution in [0.4, 0.5) is 4.39 Å². The fraction of sp³-hybridized carbons (Fsp3) is 0.500. The third-order valence-electron chi connectivity index (χ3n) is 3.25. The van der Waals surface area contributed by atoms with Crippen LogP contribution in [0.3, 0.4) is 0 Å². The predicted molar refractivity (Wildman–Crippen MR) is 72.7 cm³/mol. The fourth-order valence-electron chi connectivity index (χ4n) is 2.14. The lowest BCUT2D eigenvalue weighted by molar-refractivity contribution is 0.0951. The maximum atomic E-state index is 12.7. The number of carbonyl (C=O) groups is 1. The molecule has 0 aliphatic carbocycles. The lowest BCUT2D eigenvalue weighted by Crippen LogP contribution is -2.44. The van der Waals surface area contributed by atoms with E-state index in [4.69, 9.17) is 0 Å². The lowest BCUT2D eigenvalue weighted by Gasteiger charge is -2.27. The van der Waals surface area contributed by atoms with Gasteiger partial charge in [0.1, 0.15) is 5.82 Å². The van der Waals surface area contributed by atoms with Crippen LogP contribution in [-0.4, -0.2) is 50.1 Å². The summed E-state index contributed by atoms with van der Waals surface area (Å²) in [5.74, 6) is -0.462. The van der Waals surface area contributed by atoms with Crippen molar-refractivity contribution in [1.82, 2.24) is 15.5 Å². The summed E-state index contributed by atoms with van der Waals surface area (Å²) in [6, 6.07) is 5.60. The van der Waals surface area contributed by atoms with Crippen molar-refractivity contribution in [2.45, 2.75) is 6.42 Å². The van der Waals surface area contributed by atoms with Crippen molar-refractivity contribution in [3.63, 3.8) is 0 Å². The van der Waals surface area contributed by atoms with Crippen LogP contribution >= 0.6 is 0 Å². The van der Waals surface area contributed by atoms with E-state index in [0.29, 0.717) is 12.1 Å². The number of benzene rings is 1. The van der Waals surface area contributed by atoms with E-state index in [-0.39, 0.29) is 11.7 Å². The van der Waals surface area contributed by atoms with Crippen LogP contribution in [0.15, 0.2) is 24.3 Å². The van der Waals surface area contributed by atoms with E-state index in [2.05, 4.69) is 15.5 Å². The highest BCUT2D eigenvalue weighted by molar-refractivity contribution is 5.94. The van der Waals surface area contributed by atoms with Gasteiger partial charge in [-0.3, -0.25) is 4.79 Å². The first-order chi connectivity index (χ1) is 9.25. The molecule has 1 fully saturated rings. The standard InChI is InChI=1S/C14H20FN3O/c15-13-4-2-12(3-5-13)14(19)17-6-1-9-18-10-7-16-8-11-18/h2-5,16H,1,6-11H2,(H,17,19). The van der Waals surface area contributed by atoms with E-state index < -0.39 is 0 Å². The summed E-state index contributed by atoms with van der Waals surface area (Å²) in [4.78, 5) is 14.1. The van der Waals surface area contributed by atoms with Gasteiger partial charge in [-0.2, -0.15) is 0 Å². The summed E-state index contributed by atoms with van der Waals surface area (Å²) in [6.07, 6.45) is 0.937. The molecule has 0 spiro atoms. The topological polar surface area (TPSA) is 44.4 Å². The largest absolute Gasteiger partial charge is 0.352 e. The van der Waals surface area contributed by atoms with Crippen molar-refractivity contribution in [1.29, 1.82) is 0 Å². The smallest absolute Gasteiger partial charge is 0.251 e. The van der Waals surface area contributed by atoms with Gasteiger partial charge in [-0.1, -0.05) is 0 Å². The Morgan fingerprint density at radius 2 is 1.95 bits per heavy atom. The molecule has 0 bridgehead atoms. The van der Waals surface area contributed by atoms with E-state index >= 15 is 0 Å². The minimum atomic E-state index is -0.324. The van der Waals surface area contributed by atoms with Gasteiger partial charge in [0.25, 0.3) is 5.91 Å². The Bertz CT molecular complexity index is 402. The van der Waals surface area contributed by atoms with E-state index in [1.807, 2.05) is 0 Å². The molecule has 104 valence electrons. The summed E-state index contributed by atoms with van der Waals surface area (Å²) in [6.45, 7) is 5.90. The van der Waals surface area contributed by atoms with E-state index in [1.54, 1.807) is 0 Å². The maximum Gasteiger partial charge on any atom is 0.251 e. The molecule has 5 heteroatoms. The zero-order valence-corrected chi connectivity index (χ0v) is 11.0. The third kappa shape index (κ3) is 4.61. The van der Waals surface area contributed by atoms with Crippen LogP contribution in [0.1, 0.15) is 16.8 Å². The van der Waals surface area contributed by atoms with Gasteiger partial charge < -0.3 is 15.5 Å². The van der Waals surface area contributed by atoms with Crippen LogP contribution in [0.5, 0.6) is 0 Å². The van der Waals surface area contributed by atoms with Crippen LogP contribution in [0.25, 0.3) is 0 Å². The second kappa shape index (κ2) is 7.21. The van der Waals surface area contributed by atoms with Crippen molar-refractivity contribution < 1.29 is 9.18 Å². The van der Waals surface area contributed by atoms with E-state index in [0.717, 1.165) is 39.1 Å². The zero-order chi connectivity index (χ0) is 13.5. The maximum absolute atomic E-state index is 12.7. The number of rotatable bonds is 5. The summed E-state index contributed by atoms with van der Waals surface area (Å²) in [5, 5.41) is 6.16. The molecule has 1 aliphatic heterocycles. The average Bonchev–Trinajstić information content (AvgIpc) is 2.45. The van der Waals surface area contributed by atoms with Crippen LogP contribution < -0.4 is 10.6 Å². The Labute approximate surface area is 113 Å². The molecule has 1 aromatic carbocycles. The van der Waals surface area contributed by atoms with Crippen LogP contribution in [0, 0.1) is 5.82 Å². The Balaban J connectivity index is 1.64. The van der Waals surface area contributed by atoms with Gasteiger partial charge in [0.05, 0.1) is 0 Å². The molecule has 19 heavy (non-hydrogen) atoms. The molecule has 4 nitrogen and oxygen atoms in total. The summed E-state index contributed by atoms with van der Waals surface area (Å²) in [7, 11) is 0. The van der Waals surface area contributed by atoms with Crippen LogP contribution in [-0.2, 0) is 0 Å². The minimum absolute atomic E-state index is 0.139. The van der Waals surface area contributed by atoms with Gasteiger partial charge in [0, 0.05) is 38.3 Å². The summed E-state index contributed by atoms with van der Waals surface area (Å²) >= 11 is 0. The van der Waals surface area contributed by atoms with Crippen molar-refractivity contribution in [3.05, 3.63) is 35.6 Å². The zero-order valence-electron chi connectivity index (χ0n) is 11.0. The number of hydrogen-bond acceptors (Lipinski definition) is 3. The molecule has 0 saturated carbocycles. The average molecular weight is 265 g/mol. The van der Waals surface area contributed by atoms with E-state index in [9.17, 15) is 9.18 Å². The second-order valence-electron chi connectivity index (χ2n) is 4.71. The number of piperazine rings is 1. The first kappa shape index (κ1) is 14.0. The van der Waals surface area contributed by atoms with Crippen molar-refractivity contribution in [2.24, 2.45) is 0 Å². The number of nitrogens with one attached hydrogen (secondary N) is 2. The summed E-state index contributed by atoms with van der Waals surface area (Å²) in [5.41, 5.74) is 0.503. The Kier molecular flexibility index (Phi) is 5.30. The van der Waals surface area contributed by atoms with Gasteiger partial charge in [0.2, 0.25) is 0 Å². The molecule has 1 aliphatic rings. The fourth-order valence-corrected chi connectivity index (χ4v) is 2.14. The van der Waals surface area contributed by atoms with Crippen molar-refractivity contribution in [2.75, 3.05) is 39.3 Å². The second-order valence-corrected chi connectivity index (χ2v) is 4.71. The molecule has 2 rings (SSSR count). The van der Waals surface area contributed by atoms with Gasteiger partial charge in [-0.05, 0) is 37.2 Å². The molecule has 0 aromatic heterocycles. The summed E-state index contributed by atoms with van der Waals surface area (Å²) < 4.78 is 12.7. The van der Waals surface area contributed by atoms with Gasteiger partial charge in [0.15, 0.2) is 0 Å². The molecule has 0 radical (unpaired) electrons. The Hall–Kier alpha value is -1.46. The Morgan fingerprint density at radius 1 is 1.26 bits per heavy atom. The highest BCUT2D eigenvalue weighted by Gasteiger charge is 2.09. The van der Waals surface area contributed by atoms with Crippen molar-refractivity contribution in [3.8, 4) is 0 Å². The predicted octanol–water partition coefficient (Wildman–Crippen LogP) is 0.851. The minimum Gasteiger partial charge on any atom is -0.352 e. The highest BCUT2D eigenvalue weighted by atomic mass is 19.1. The molecule has 0 atom stereocenters. The number of nitrogens with zero attached hydrogens (tertiary/aromatic N) is 1.